The van der Waals surface area contributed by atoms with Gasteiger partial charge in [-0.05, 0) is 25.9 Å². The second-order valence-electron chi connectivity index (χ2n) is 4.90. The van der Waals surface area contributed by atoms with Crippen LogP contribution in [0.4, 0.5) is 5.82 Å². The predicted octanol–water partition coefficient (Wildman–Crippen LogP) is 1.51. The molecule has 1 aliphatic rings. The molecule has 3 heterocycles. The maximum atomic E-state index is 11.9. The van der Waals surface area contributed by atoms with E-state index in [1.54, 1.807) is 23.6 Å². The molecule has 0 spiro atoms. The molecule has 0 aliphatic carbocycles. The van der Waals surface area contributed by atoms with Crippen molar-refractivity contribution in [3.63, 3.8) is 0 Å². The highest BCUT2D eigenvalue weighted by Gasteiger charge is 2.19. The van der Waals surface area contributed by atoms with Crippen LogP contribution in [0.2, 0.25) is 0 Å². The lowest BCUT2D eigenvalue weighted by molar-refractivity contribution is -0.115. The molecule has 0 unspecified atom stereocenters. The minimum Gasteiger partial charge on any atom is -0.317 e. The third-order valence-electron chi connectivity index (χ3n) is 3.37. The second-order valence-corrected chi connectivity index (χ2v) is 5.79. The lowest BCUT2D eigenvalue weighted by Crippen LogP contribution is -2.26. The minimum absolute atomic E-state index is 0.0728. The van der Waals surface area contributed by atoms with Crippen molar-refractivity contribution in [2.24, 2.45) is 0 Å². The van der Waals surface area contributed by atoms with E-state index in [4.69, 9.17) is 0 Å². The highest BCUT2D eigenvalue weighted by molar-refractivity contribution is 7.09. The number of carbonyl (C=O) groups is 1. The van der Waals surface area contributed by atoms with Gasteiger partial charge in [0, 0.05) is 17.4 Å². The largest absolute Gasteiger partial charge is 0.317 e. The Labute approximate surface area is 121 Å². The number of hydrogen-bond donors (Lipinski definition) is 3. The van der Waals surface area contributed by atoms with Crippen LogP contribution >= 0.6 is 11.3 Å². The fourth-order valence-electron chi connectivity index (χ4n) is 2.34. The third kappa shape index (κ3) is 3.23. The van der Waals surface area contributed by atoms with Gasteiger partial charge >= 0.3 is 0 Å². The number of aromatic nitrogens is 3. The molecule has 0 radical (unpaired) electrons. The quantitative estimate of drug-likeness (QED) is 0.797. The van der Waals surface area contributed by atoms with Crippen LogP contribution in [0.3, 0.4) is 0 Å². The molecule has 1 fully saturated rings. The molecular formula is C13H17N5OS. The Morgan fingerprint density at radius 2 is 2.30 bits per heavy atom. The maximum absolute atomic E-state index is 11.9. The summed E-state index contributed by atoms with van der Waals surface area (Å²) in [6.07, 6.45) is 4.18. The number of rotatable bonds is 4. The highest BCUT2D eigenvalue weighted by atomic mass is 32.1. The average molecular weight is 291 g/mol. The Morgan fingerprint density at radius 3 is 3.05 bits per heavy atom. The topological polar surface area (TPSA) is 82.7 Å². The number of nitrogens with one attached hydrogen (secondary N) is 3. The summed E-state index contributed by atoms with van der Waals surface area (Å²) >= 11 is 1.67. The molecule has 0 saturated carbocycles. The van der Waals surface area contributed by atoms with Gasteiger partial charge in [-0.25, -0.2) is 4.98 Å². The van der Waals surface area contributed by atoms with Crippen LogP contribution in [0, 0.1) is 0 Å². The number of nitrogens with zero attached hydrogens (tertiary/aromatic N) is 2. The monoisotopic (exact) mass is 291 g/mol. The Morgan fingerprint density at radius 1 is 1.45 bits per heavy atom. The zero-order chi connectivity index (χ0) is 13.8. The van der Waals surface area contributed by atoms with Gasteiger partial charge in [0.1, 0.15) is 5.82 Å². The van der Waals surface area contributed by atoms with Crippen molar-refractivity contribution in [3.8, 4) is 0 Å². The lowest BCUT2D eigenvalue weighted by Gasteiger charge is -2.20. The Balaban J connectivity index is 1.57. The third-order valence-corrected chi connectivity index (χ3v) is 4.43. The van der Waals surface area contributed by atoms with Crippen LogP contribution in [-0.4, -0.2) is 34.2 Å². The number of piperidine rings is 1. The van der Waals surface area contributed by atoms with Crippen molar-refractivity contribution >= 4 is 23.1 Å². The van der Waals surface area contributed by atoms with Crippen molar-refractivity contribution in [1.29, 1.82) is 0 Å². The summed E-state index contributed by atoms with van der Waals surface area (Å²) in [4.78, 5) is 16.5. The van der Waals surface area contributed by atoms with E-state index in [0.29, 0.717) is 18.2 Å². The molecule has 3 rings (SSSR count). The number of thiazole rings is 1. The van der Waals surface area contributed by atoms with E-state index >= 15 is 0 Å². The molecule has 1 amide bonds. The highest BCUT2D eigenvalue weighted by Crippen LogP contribution is 2.28. The van der Waals surface area contributed by atoms with Gasteiger partial charge in [0.25, 0.3) is 0 Å². The van der Waals surface area contributed by atoms with Gasteiger partial charge in [-0.3, -0.25) is 9.89 Å². The van der Waals surface area contributed by atoms with Gasteiger partial charge in [0.05, 0.1) is 23.3 Å². The summed E-state index contributed by atoms with van der Waals surface area (Å²) in [5, 5.41) is 15.8. The summed E-state index contributed by atoms with van der Waals surface area (Å²) in [6, 6.07) is 1.72. The fraction of sp³-hybridized carbons (Fsp3) is 0.462. The first-order valence-corrected chi connectivity index (χ1v) is 7.63. The van der Waals surface area contributed by atoms with Crippen LogP contribution in [0.1, 0.15) is 29.5 Å². The van der Waals surface area contributed by atoms with Crippen molar-refractivity contribution in [2.45, 2.75) is 25.2 Å². The smallest absolute Gasteiger partial charge is 0.231 e. The molecule has 106 valence electrons. The number of aromatic amines is 1. The normalized spacial score (nSPS) is 16.2. The van der Waals surface area contributed by atoms with Crippen LogP contribution < -0.4 is 10.6 Å². The summed E-state index contributed by atoms with van der Waals surface area (Å²) < 4.78 is 0. The van der Waals surface area contributed by atoms with E-state index in [1.807, 2.05) is 5.38 Å². The van der Waals surface area contributed by atoms with Gasteiger partial charge in [0.15, 0.2) is 0 Å². The molecule has 0 bridgehead atoms. The Hall–Kier alpha value is -1.73. The molecule has 0 aromatic carbocycles. The Kier molecular flexibility index (Phi) is 4.08. The van der Waals surface area contributed by atoms with Crippen LogP contribution in [0.25, 0.3) is 0 Å². The zero-order valence-corrected chi connectivity index (χ0v) is 11.9. The maximum Gasteiger partial charge on any atom is 0.231 e. The van der Waals surface area contributed by atoms with E-state index < -0.39 is 0 Å². The number of carbonyl (C=O) groups excluding carboxylic acids is 1. The molecule has 6 nitrogen and oxygen atoms in total. The average Bonchev–Trinajstić information content (AvgIpc) is 3.11. The zero-order valence-electron chi connectivity index (χ0n) is 11.1. The lowest BCUT2D eigenvalue weighted by atomic mass is 9.99. The van der Waals surface area contributed by atoms with Crippen molar-refractivity contribution in [2.75, 3.05) is 18.4 Å². The van der Waals surface area contributed by atoms with Crippen LogP contribution in [-0.2, 0) is 11.2 Å². The fourth-order valence-corrected chi connectivity index (χ4v) is 3.34. The predicted molar refractivity (Wildman–Crippen MR) is 77.9 cm³/mol. The van der Waals surface area contributed by atoms with Crippen LogP contribution in [0.5, 0.6) is 0 Å². The number of H-pyrrole nitrogens is 1. The molecule has 0 atom stereocenters. The van der Waals surface area contributed by atoms with E-state index in [2.05, 4.69) is 25.8 Å². The van der Waals surface area contributed by atoms with Gasteiger partial charge in [-0.15, -0.1) is 11.3 Å². The molecule has 2 aromatic rings. The number of anilines is 1. The molecule has 1 aliphatic heterocycles. The van der Waals surface area contributed by atoms with E-state index in [-0.39, 0.29) is 5.91 Å². The molecule has 3 N–H and O–H groups in total. The molecule has 2 aromatic heterocycles. The second kappa shape index (κ2) is 6.15. The Bertz CT molecular complexity index is 559. The SMILES string of the molecule is O=C(Cc1csc(C2CCNCC2)n1)Nc1ccn[nH]1. The minimum atomic E-state index is -0.0728. The first-order chi connectivity index (χ1) is 9.81. The van der Waals surface area contributed by atoms with Gasteiger partial charge < -0.3 is 10.6 Å². The molecular weight excluding hydrogens is 274 g/mol. The summed E-state index contributed by atoms with van der Waals surface area (Å²) in [5.41, 5.74) is 0.848. The molecule has 20 heavy (non-hydrogen) atoms. The van der Waals surface area contributed by atoms with Gasteiger partial charge in [-0.1, -0.05) is 0 Å². The van der Waals surface area contributed by atoms with E-state index in [9.17, 15) is 4.79 Å². The summed E-state index contributed by atoms with van der Waals surface area (Å²) in [7, 11) is 0. The van der Waals surface area contributed by atoms with Crippen molar-refractivity contribution in [3.05, 3.63) is 28.3 Å². The number of hydrogen-bond acceptors (Lipinski definition) is 5. The van der Waals surface area contributed by atoms with Crippen molar-refractivity contribution in [1.82, 2.24) is 20.5 Å². The van der Waals surface area contributed by atoms with E-state index in [0.717, 1.165) is 36.6 Å². The first-order valence-electron chi connectivity index (χ1n) is 6.75. The molecule has 1 saturated heterocycles. The summed E-state index contributed by atoms with van der Waals surface area (Å²) in [5.74, 6) is 1.09. The van der Waals surface area contributed by atoms with E-state index in [1.165, 1.54) is 0 Å². The summed E-state index contributed by atoms with van der Waals surface area (Å²) in [6.45, 7) is 2.11. The molecule has 7 heteroatoms. The van der Waals surface area contributed by atoms with Crippen molar-refractivity contribution < 1.29 is 4.79 Å². The van der Waals surface area contributed by atoms with Gasteiger partial charge in [0.2, 0.25) is 5.91 Å². The number of amides is 1. The first kappa shape index (κ1) is 13.3. The van der Waals surface area contributed by atoms with Gasteiger partial charge in [-0.2, -0.15) is 5.10 Å². The standard InChI is InChI=1S/C13H17N5OS/c19-12(17-11-3-6-15-18-11)7-10-8-20-13(16-10)9-1-4-14-5-2-9/h3,6,8-9,14H,1-2,4-5,7H2,(H2,15,17,18,19). The van der Waals surface area contributed by atoms with Crippen LogP contribution in [0.15, 0.2) is 17.6 Å².